The van der Waals surface area contributed by atoms with Gasteiger partial charge in [0.2, 0.25) is 0 Å². The van der Waals surface area contributed by atoms with E-state index in [1.165, 1.54) is 17.5 Å². The number of carboxylic acid groups (broad SMARTS) is 1. The van der Waals surface area contributed by atoms with Crippen molar-refractivity contribution in [2.45, 2.75) is 26.3 Å². The first-order valence-corrected chi connectivity index (χ1v) is 6.17. The fourth-order valence-corrected chi connectivity index (χ4v) is 1.77. The number of carbonyl (C=O) groups is 2. The maximum Gasteiger partial charge on any atom is 0.330 e. The third-order valence-electron chi connectivity index (χ3n) is 2.83. The van der Waals surface area contributed by atoms with Crippen LogP contribution in [0.3, 0.4) is 0 Å². The summed E-state index contributed by atoms with van der Waals surface area (Å²) in [6, 6.07) is 5.94. The van der Waals surface area contributed by atoms with Crippen LogP contribution in [-0.4, -0.2) is 30.1 Å². The lowest BCUT2D eigenvalue weighted by molar-refractivity contribution is -0.142. The highest BCUT2D eigenvalue weighted by atomic mass is 16.4. The molecular weight excluding hydrogens is 244 g/mol. The number of benzene rings is 1. The zero-order valence-corrected chi connectivity index (χ0v) is 11.5. The Bertz CT molecular complexity index is 454. The lowest BCUT2D eigenvalue weighted by atomic mass is 10.0. The maximum absolute atomic E-state index is 11.8. The van der Waals surface area contributed by atoms with Gasteiger partial charge in [-0.3, -0.25) is 4.79 Å². The molecule has 0 spiro atoms. The third-order valence-corrected chi connectivity index (χ3v) is 2.83. The van der Waals surface area contributed by atoms with Gasteiger partial charge in [0.05, 0.1) is 0 Å². The minimum atomic E-state index is -1.53. The minimum absolute atomic E-state index is 0.561. The Kier molecular flexibility index (Phi) is 5.06. The second-order valence-corrected chi connectivity index (χ2v) is 4.98. The number of hydrogen-bond donors (Lipinski definition) is 2. The Labute approximate surface area is 113 Å². The molecule has 104 valence electrons. The Morgan fingerprint density at radius 1 is 1.26 bits per heavy atom. The summed E-state index contributed by atoms with van der Waals surface area (Å²) < 4.78 is 0. The second kappa shape index (κ2) is 6.33. The van der Waals surface area contributed by atoms with E-state index in [1.54, 1.807) is 12.1 Å². The summed E-state index contributed by atoms with van der Waals surface area (Å²) in [6.45, 7) is 4.27. The molecule has 1 atom stereocenters. The molecule has 0 saturated carbocycles. The van der Waals surface area contributed by atoms with Crippen LogP contribution in [0.15, 0.2) is 24.3 Å². The molecule has 1 aromatic carbocycles. The number of anilines is 1. The summed E-state index contributed by atoms with van der Waals surface area (Å²) >= 11 is 0. The van der Waals surface area contributed by atoms with Crippen LogP contribution < -0.4 is 10.6 Å². The fraction of sp³-hybridized carbons (Fsp3) is 0.429. The minimum Gasteiger partial charge on any atom is -0.480 e. The number of carboxylic acids is 1. The summed E-state index contributed by atoms with van der Waals surface area (Å²) in [5, 5.41) is 8.72. The molecule has 19 heavy (non-hydrogen) atoms. The van der Waals surface area contributed by atoms with Gasteiger partial charge in [-0.15, -0.1) is 0 Å². The molecule has 0 aromatic heterocycles. The van der Waals surface area contributed by atoms with Crippen molar-refractivity contribution in [2.24, 2.45) is 11.7 Å². The Morgan fingerprint density at radius 2 is 1.79 bits per heavy atom. The van der Waals surface area contributed by atoms with Gasteiger partial charge in [0, 0.05) is 12.7 Å². The summed E-state index contributed by atoms with van der Waals surface area (Å²) in [5.74, 6) is -1.40. The first-order chi connectivity index (χ1) is 8.82. The number of carbonyl (C=O) groups excluding carboxylic acids is 1. The quantitative estimate of drug-likeness (QED) is 0.784. The maximum atomic E-state index is 11.8. The van der Waals surface area contributed by atoms with Crippen LogP contribution in [0.2, 0.25) is 0 Å². The van der Waals surface area contributed by atoms with E-state index in [9.17, 15) is 9.59 Å². The van der Waals surface area contributed by atoms with E-state index < -0.39 is 17.9 Å². The molecule has 0 heterocycles. The van der Waals surface area contributed by atoms with E-state index in [2.05, 4.69) is 13.8 Å². The van der Waals surface area contributed by atoms with Gasteiger partial charge in [0.1, 0.15) is 0 Å². The summed E-state index contributed by atoms with van der Waals surface area (Å²) in [7, 11) is 1.52. The zero-order chi connectivity index (χ0) is 14.6. The van der Waals surface area contributed by atoms with Crippen molar-refractivity contribution in [3.8, 4) is 0 Å². The first-order valence-electron chi connectivity index (χ1n) is 6.17. The van der Waals surface area contributed by atoms with Crippen LogP contribution in [0.4, 0.5) is 5.69 Å². The first kappa shape index (κ1) is 15.2. The van der Waals surface area contributed by atoms with Gasteiger partial charge in [-0.2, -0.15) is 0 Å². The van der Waals surface area contributed by atoms with Crippen molar-refractivity contribution in [3.63, 3.8) is 0 Å². The Balaban J connectivity index is 2.80. The van der Waals surface area contributed by atoms with Gasteiger partial charge in [0.25, 0.3) is 5.91 Å². The molecule has 3 N–H and O–H groups in total. The van der Waals surface area contributed by atoms with Gasteiger partial charge in [0.15, 0.2) is 6.04 Å². The van der Waals surface area contributed by atoms with Gasteiger partial charge in [-0.1, -0.05) is 26.0 Å². The average Bonchev–Trinajstić information content (AvgIpc) is 2.36. The van der Waals surface area contributed by atoms with Crippen molar-refractivity contribution < 1.29 is 14.7 Å². The number of aliphatic carboxylic acids is 1. The van der Waals surface area contributed by atoms with Crippen LogP contribution >= 0.6 is 0 Å². The summed E-state index contributed by atoms with van der Waals surface area (Å²) in [4.78, 5) is 23.7. The highest BCUT2D eigenvalue weighted by Gasteiger charge is 2.25. The Morgan fingerprint density at radius 3 is 2.21 bits per heavy atom. The van der Waals surface area contributed by atoms with E-state index in [0.29, 0.717) is 11.6 Å². The van der Waals surface area contributed by atoms with Crippen LogP contribution in [0.5, 0.6) is 0 Å². The van der Waals surface area contributed by atoms with Crippen molar-refractivity contribution in [2.75, 3.05) is 11.9 Å². The van der Waals surface area contributed by atoms with E-state index in [-0.39, 0.29) is 0 Å². The largest absolute Gasteiger partial charge is 0.480 e. The summed E-state index contributed by atoms with van der Waals surface area (Å²) in [5.41, 5.74) is 7.12. The second-order valence-electron chi connectivity index (χ2n) is 4.98. The molecule has 0 aliphatic heterocycles. The molecular formula is C14H20N2O3. The molecule has 1 unspecified atom stereocenters. The van der Waals surface area contributed by atoms with Crippen molar-refractivity contribution in [1.82, 2.24) is 0 Å². The molecule has 5 nitrogen and oxygen atoms in total. The normalized spacial score (nSPS) is 12.3. The molecule has 1 rings (SSSR count). The van der Waals surface area contributed by atoms with E-state index in [4.69, 9.17) is 10.8 Å². The van der Waals surface area contributed by atoms with Crippen LogP contribution in [-0.2, 0) is 16.0 Å². The number of amides is 1. The van der Waals surface area contributed by atoms with Crippen LogP contribution in [0.25, 0.3) is 0 Å². The zero-order valence-electron chi connectivity index (χ0n) is 11.5. The SMILES string of the molecule is CC(C)Cc1ccc(N(C)C(=O)C(N)C(=O)O)cc1. The van der Waals surface area contributed by atoms with Crippen LogP contribution in [0.1, 0.15) is 19.4 Å². The third kappa shape index (κ3) is 4.06. The topological polar surface area (TPSA) is 83.6 Å². The van der Waals surface area contributed by atoms with Crippen molar-refractivity contribution in [1.29, 1.82) is 0 Å². The molecule has 0 saturated heterocycles. The smallest absolute Gasteiger partial charge is 0.330 e. The fourth-order valence-electron chi connectivity index (χ4n) is 1.77. The number of rotatable bonds is 5. The highest BCUT2D eigenvalue weighted by Crippen LogP contribution is 2.16. The number of hydrogen-bond acceptors (Lipinski definition) is 3. The molecule has 0 bridgehead atoms. The van der Waals surface area contributed by atoms with E-state index in [1.807, 2.05) is 12.1 Å². The van der Waals surface area contributed by atoms with Gasteiger partial charge in [-0.25, -0.2) is 4.79 Å². The molecule has 0 radical (unpaired) electrons. The number of likely N-dealkylation sites (N-methyl/N-ethyl adjacent to an activating group) is 1. The summed E-state index contributed by atoms with van der Waals surface area (Å²) in [6.07, 6.45) is 0.965. The lowest BCUT2D eigenvalue weighted by Gasteiger charge is -2.19. The van der Waals surface area contributed by atoms with Gasteiger partial charge < -0.3 is 15.7 Å². The molecule has 1 amide bonds. The monoisotopic (exact) mass is 264 g/mol. The van der Waals surface area contributed by atoms with Crippen molar-refractivity contribution in [3.05, 3.63) is 29.8 Å². The van der Waals surface area contributed by atoms with Crippen LogP contribution in [0, 0.1) is 5.92 Å². The average molecular weight is 264 g/mol. The highest BCUT2D eigenvalue weighted by molar-refractivity contribution is 6.08. The van der Waals surface area contributed by atoms with Crippen molar-refractivity contribution >= 4 is 17.6 Å². The standard InChI is InChI=1S/C14H20N2O3/c1-9(2)8-10-4-6-11(7-5-10)16(3)13(17)12(15)14(18)19/h4-7,9,12H,8,15H2,1-3H3,(H,18,19). The van der Waals surface area contributed by atoms with Gasteiger partial charge in [-0.05, 0) is 30.0 Å². The van der Waals surface area contributed by atoms with Gasteiger partial charge >= 0.3 is 5.97 Å². The molecule has 0 aliphatic carbocycles. The Hall–Kier alpha value is -1.88. The molecule has 5 heteroatoms. The van der Waals surface area contributed by atoms with E-state index >= 15 is 0 Å². The molecule has 1 aromatic rings. The van der Waals surface area contributed by atoms with E-state index in [0.717, 1.165) is 6.42 Å². The predicted molar refractivity (Wildman–Crippen MR) is 74.0 cm³/mol. The molecule has 0 aliphatic rings. The number of nitrogens with two attached hydrogens (primary N) is 1. The lowest BCUT2D eigenvalue weighted by Crippen LogP contribution is -2.46. The number of nitrogens with zero attached hydrogens (tertiary/aromatic N) is 1. The molecule has 0 fully saturated rings. The predicted octanol–water partition coefficient (Wildman–Crippen LogP) is 1.26.